The van der Waals surface area contributed by atoms with E-state index in [0.29, 0.717) is 11.7 Å². The lowest BCUT2D eigenvalue weighted by atomic mass is 10.0. The van der Waals surface area contributed by atoms with Gasteiger partial charge in [-0.3, -0.25) is 4.79 Å². The average Bonchev–Trinajstić information content (AvgIpc) is 3.05. The summed E-state index contributed by atoms with van der Waals surface area (Å²) in [5.41, 5.74) is 2.27. The normalized spacial score (nSPS) is 11.1. The number of aromatic nitrogens is 3. The maximum atomic E-state index is 14.0. The first kappa shape index (κ1) is 20.0. The summed E-state index contributed by atoms with van der Waals surface area (Å²) in [6.07, 6.45) is 0. The molecule has 0 saturated carbocycles. The molecule has 0 bridgehead atoms. The van der Waals surface area contributed by atoms with Crippen LogP contribution in [0.5, 0.6) is 0 Å². The second-order valence-corrected chi connectivity index (χ2v) is 7.38. The van der Waals surface area contributed by atoms with Gasteiger partial charge >= 0.3 is 0 Å². The van der Waals surface area contributed by atoms with E-state index in [9.17, 15) is 9.18 Å². The SMILES string of the molecule is Cc1nc(C(=O)N(C)Cc2c(F)cccc2Cl)nn1-c1ccccc1C(C)C. The number of halogens is 2. The number of aryl methyl sites for hydroxylation is 1. The third-order valence-corrected chi connectivity index (χ3v) is 4.90. The summed E-state index contributed by atoms with van der Waals surface area (Å²) in [5.74, 6) is 0.112. The molecule has 1 heterocycles. The van der Waals surface area contributed by atoms with Crippen molar-refractivity contribution >= 4 is 17.5 Å². The highest BCUT2D eigenvalue weighted by Gasteiger charge is 2.22. The molecule has 28 heavy (non-hydrogen) atoms. The fourth-order valence-corrected chi connectivity index (χ4v) is 3.26. The van der Waals surface area contributed by atoms with E-state index in [-0.39, 0.29) is 23.0 Å². The van der Waals surface area contributed by atoms with Gasteiger partial charge in [0.1, 0.15) is 11.6 Å². The Hall–Kier alpha value is -2.73. The van der Waals surface area contributed by atoms with Crippen LogP contribution in [0.1, 0.15) is 47.3 Å². The van der Waals surface area contributed by atoms with Crippen molar-refractivity contribution in [2.45, 2.75) is 33.2 Å². The third kappa shape index (κ3) is 3.92. The van der Waals surface area contributed by atoms with E-state index in [1.165, 1.54) is 17.0 Å². The smallest absolute Gasteiger partial charge is 0.293 e. The van der Waals surface area contributed by atoms with Crippen LogP contribution in [0, 0.1) is 12.7 Å². The van der Waals surface area contributed by atoms with Crippen molar-refractivity contribution in [3.8, 4) is 5.69 Å². The van der Waals surface area contributed by atoms with Crippen LogP contribution in [0.2, 0.25) is 5.02 Å². The monoisotopic (exact) mass is 400 g/mol. The first-order chi connectivity index (χ1) is 13.3. The molecule has 0 atom stereocenters. The quantitative estimate of drug-likeness (QED) is 0.620. The number of hydrogen-bond donors (Lipinski definition) is 0. The molecule has 1 amide bonds. The van der Waals surface area contributed by atoms with Gasteiger partial charge in [0.15, 0.2) is 0 Å². The van der Waals surface area contributed by atoms with Crippen LogP contribution in [0.3, 0.4) is 0 Å². The molecule has 7 heteroatoms. The summed E-state index contributed by atoms with van der Waals surface area (Å²) in [5, 5.41) is 4.70. The fourth-order valence-electron chi connectivity index (χ4n) is 3.04. The maximum absolute atomic E-state index is 14.0. The minimum Gasteiger partial charge on any atom is -0.334 e. The standard InChI is InChI=1S/C21H22ClFN4O/c1-13(2)15-8-5-6-11-19(15)27-14(3)24-20(25-27)21(28)26(4)12-16-17(22)9-7-10-18(16)23/h5-11,13H,12H2,1-4H3. The van der Waals surface area contributed by atoms with E-state index < -0.39 is 11.7 Å². The summed E-state index contributed by atoms with van der Waals surface area (Å²) in [6.45, 7) is 6.03. The number of para-hydroxylation sites is 1. The Morgan fingerprint density at radius 1 is 1.21 bits per heavy atom. The lowest BCUT2D eigenvalue weighted by Crippen LogP contribution is -2.28. The van der Waals surface area contributed by atoms with Gasteiger partial charge in [0.2, 0.25) is 5.82 Å². The minimum absolute atomic E-state index is 0.0283. The summed E-state index contributed by atoms with van der Waals surface area (Å²) in [4.78, 5) is 18.5. The largest absolute Gasteiger partial charge is 0.334 e. The Labute approximate surface area is 168 Å². The van der Waals surface area contributed by atoms with Gasteiger partial charge < -0.3 is 4.90 Å². The highest BCUT2D eigenvalue weighted by Crippen LogP contribution is 2.24. The second-order valence-electron chi connectivity index (χ2n) is 6.97. The van der Waals surface area contributed by atoms with Crippen molar-refractivity contribution in [3.63, 3.8) is 0 Å². The first-order valence-corrected chi connectivity index (χ1v) is 9.38. The average molecular weight is 401 g/mol. The molecule has 146 valence electrons. The molecule has 0 aliphatic heterocycles. The van der Waals surface area contributed by atoms with Crippen LogP contribution in [0.4, 0.5) is 4.39 Å². The lowest BCUT2D eigenvalue weighted by Gasteiger charge is -2.16. The van der Waals surface area contributed by atoms with Crippen LogP contribution in [-0.4, -0.2) is 32.6 Å². The van der Waals surface area contributed by atoms with E-state index in [0.717, 1.165) is 11.3 Å². The molecule has 0 aliphatic rings. The van der Waals surface area contributed by atoms with Crippen molar-refractivity contribution in [1.82, 2.24) is 19.7 Å². The zero-order chi connectivity index (χ0) is 20.4. The Morgan fingerprint density at radius 2 is 1.93 bits per heavy atom. The van der Waals surface area contributed by atoms with Gasteiger partial charge in [-0.05, 0) is 36.6 Å². The van der Waals surface area contributed by atoms with Crippen molar-refractivity contribution in [2.75, 3.05) is 7.05 Å². The Bertz CT molecular complexity index is 995. The Balaban J connectivity index is 1.89. The molecule has 0 fully saturated rings. The summed E-state index contributed by atoms with van der Waals surface area (Å²) >= 11 is 6.07. The molecule has 0 aliphatic carbocycles. The molecule has 0 spiro atoms. The molecule has 1 aromatic heterocycles. The Kier molecular flexibility index (Phi) is 5.79. The number of carbonyl (C=O) groups is 1. The first-order valence-electron chi connectivity index (χ1n) is 9.01. The lowest BCUT2D eigenvalue weighted by molar-refractivity contribution is 0.0772. The van der Waals surface area contributed by atoms with Crippen molar-refractivity contribution in [1.29, 1.82) is 0 Å². The van der Waals surface area contributed by atoms with Crippen LogP contribution in [0.25, 0.3) is 5.69 Å². The number of carbonyl (C=O) groups excluding carboxylic acids is 1. The number of hydrogen-bond acceptors (Lipinski definition) is 3. The van der Waals surface area contributed by atoms with Gasteiger partial charge in [-0.25, -0.2) is 14.1 Å². The molecular weight excluding hydrogens is 379 g/mol. The second kappa shape index (κ2) is 8.10. The van der Waals surface area contributed by atoms with E-state index in [1.54, 1.807) is 24.7 Å². The molecule has 3 aromatic rings. The van der Waals surface area contributed by atoms with E-state index in [4.69, 9.17) is 11.6 Å². The van der Waals surface area contributed by atoms with Crippen molar-refractivity contribution in [3.05, 3.63) is 76.1 Å². The summed E-state index contributed by atoms with van der Waals surface area (Å²) < 4.78 is 15.7. The van der Waals surface area contributed by atoms with Crippen molar-refractivity contribution < 1.29 is 9.18 Å². The fraction of sp³-hybridized carbons (Fsp3) is 0.286. The highest BCUT2D eigenvalue weighted by molar-refractivity contribution is 6.31. The predicted octanol–water partition coefficient (Wildman–Crippen LogP) is 4.76. The van der Waals surface area contributed by atoms with E-state index >= 15 is 0 Å². The zero-order valence-electron chi connectivity index (χ0n) is 16.3. The number of benzene rings is 2. The number of nitrogens with zero attached hydrogens (tertiary/aromatic N) is 4. The third-order valence-electron chi connectivity index (χ3n) is 4.55. The van der Waals surface area contributed by atoms with Crippen LogP contribution in [0.15, 0.2) is 42.5 Å². The highest BCUT2D eigenvalue weighted by atomic mass is 35.5. The molecule has 0 unspecified atom stereocenters. The molecule has 3 rings (SSSR count). The molecule has 0 N–H and O–H groups in total. The van der Waals surface area contributed by atoms with E-state index in [1.807, 2.05) is 24.3 Å². The molecule has 5 nitrogen and oxygen atoms in total. The van der Waals surface area contributed by atoms with Gasteiger partial charge in [-0.1, -0.05) is 49.7 Å². The summed E-state index contributed by atoms with van der Waals surface area (Å²) in [7, 11) is 1.57. The van der Waals surface area contributed by atoms with Gasteiger partial charge in [0.05, 0.1) is 12.2 Å². The topological polar surface area (TPSA) is 51.0 Å². The van der Waals surface area contributed by atoms with Gasteiger partial charge in [-0.15, -0.1) is 5.10 Å². The molecular formula is C21H22ClFN4O. The molecule has 0 saturated heterocycles. The molecule has 2 aromatic carbocycles. The van der Waals surface area contributed by atoms with Gasteiger partial charge in [-0.2, -0.15) is 0 Å². The zero-order valence-corrected chi connectivity index (χ0v) is 17.0. The van der Waals surface area contributed by atoms with Crippen LogP contribution >= 0.6 is 11.6 Å². The number of rotatable bonds is 5. The Morgan fingerprint density at radius 3 is 2.61 bits per heavy atom. The predicted molar refractivity (Wildman–Crippen MR) is 107 cm³/mol. The van der Waals surface area contributed by atoms with E-state index in [2.05, 4.69) is 23.9 Å². The summed E-state index contributed by atoms with van der Waals surface area (Å²) in [6, 6.07) is 12.3. The van der Waals surface area contributed by atoms with Gasteiger partial charge in [0.25, 0.3) is 5.91 Å². The number of amides is 1. The molecule has 0 radical (unpaired) electrons. The maximum Gasteiger partial charge on any atom is 0.293 e. The van der Waals surface area contributed by atoms with Crippen LogP contribution in [-0.2, 0) is 6.54 Å². The van der Waals surface area contributed by atoms with Crippen molar-refractivity contribution in [2.24, 2.45) is 0 Å². The van der Waals surface area contributed by atoms with Gasteiger partial charge in [0, 0.05) is 17.6 Å². The minimum atomic E-state index is -0.451. The van der Waals surface area contributed by atoms with Crippen LogP contribution < -0.4 is 0 Å².